The summed E-state index contributed by atoms with van der Waals surface area (Å²) in [5.74, 6) is 0. The summed E-state index contributed by atoms with van der Waals surface area (Å²) in [6.45, 7) is 5.03. The van der Waals surface area contributed by atoms with Crippen LogP contribution in [-0.2, 0) is 16.6 Å². The molecule has 0 saturated carbocycles. The number of likely N-dealkylation sites (N-methyl/N-ethyl adjacent to an activating group) is 1. The van der Waals surface area contributed by atoms with E-state index in [0.29, 0.717) is 23.3 Å². The number of hydrogen-bond donors (Lipinski definition) is 2. The van der Waals surface area contributed by atoms with E-state index in [4.69, 9.17) is 5.73 Å². The molecule has 2 heterocycles. The second-order valence-corrected chi connectivity index (χ2v) is 7.86. The smallest absolute Gasteiger partial charge is 0.250 e. The van der Waals surface area contributed by atoms with Crippen molar-refractivity contribution in [3.63, 3.8) is 0 Å². The summed E-state index contributed by atoms with van der Waals surface area (Å²) in [6.07, 6.45) is 2.21. The lowest BCUT2D eigenvalue weighted by Gasteiger charge is -2.22. The van der Waals surface area contributed by atoms with E-state index in [9.17, 15) is 8.42 Å². The van der Waals surface area contributed by atoms with Gasteiger partial charge in [0, 0.05) is 24.0 Å². The predicted octanol–water partition coefficient (Wildman–Crippen LogP) is 0.969. The highest BCUT2D eigenvalue weighted by Crippen LogP contribution is 2.22. The van der Waals surface area contributed by atoms with Gasteiger partial charge in [-0.15, -0.1) is 11.3 Å². The SMILES string of the molecule is CCN1CCCC1CNS(=O)(=O)c1ccc(CN)s1. The number of likely N-dealkylation sites (tertiary alicyclic amines) is 1. The fourth-order valence-corrected chi connectivity index (χ4v) is 4.78. The van der Waals surface area contributed by atoms with E-state index in [2.05, 4.69) is 16.5 Å². The average Bonchev–Trinajstić information content (AvgIpc) is 3.05. The Bertz CT molecular complexity index is 513. The van der Waals surface area contributed by atoms with Crippen LogP contribution in [0, 0.1) is 0 Å². The van der Waals surface area contributed by atoms with Crippen molar-refractivity contribution >= 4 is 21.4 Å². The Morgan fingerprint density at radius 2 is 2.32 bits per heavy atom. The predicted molar refractivity (Wildman–Crippen MR) is 77.7 cm³/mol. The molecule has 0 aromatic carbocycles. The highest BCUT2D eigenvalue weighted by atomic mass is 32.2. The van der Waals surface area contributed by atoms with Gasteiger partial charge in [-0.05, 0) is 38.1 Å². The summed E-state index contributed by atoms with van der Waals surface area (Å²) in [4.78, 5) is 3.21. The van der Waals surface area contributed by atoms with Crippen LogP contribution in [-0.4, -0.2) is 39.0 Å². The third-order valence-electron chi connectivity index (χ3n) is 3.52. The summed E-state index contributed by atoms with van der Waals surface area (Å²) in [7, 11) is -3.38. The second kappa shape index (κ2) is 6.32. The summed E-state index contributed by atoms with van der Waals surface area (Å²) >= 11 is 1.24. The van der Waals surface area contributed by atoms with Crippen LogP contribution < -0.4 is 10.5 Å². The second-order valence-electron chi connectivity index (χ2n) is 4.70. The first kappa shape index (κ1) is 14.9. The fourth-order valence-electron chi connectivity index (χ4n) is 2.43. The molecule has 1 aromatic rings. The quantitative estimate of drug-likeness (QED) is 0.821. The Kier molecular flexibility index (Phi) is 4.97. The number of nitrogens with one attached hydrogen (secondary N) is 1. The topological polar surface area (TPSA) is 75.4 Å². The molecule has 1 aromatic heterocycles. The van der Waals surface area contributed by atoms with Crippen molar-refractivity contribution in [3.05, 3.63) is 17.0 Å². The van der Waals surface area contributed by atoms with Gasteiger partial charge >= 0.3 is 0 Å². The molecule has 0 radical (unpaired) electrons. The fraction of sp³-hybridized carbons (Fsp3) is 0.667. The maximum Gasteiger partial charge on any atom is 0.250 e. The van der Waals surface area contributed by atoms with Crippen LogP contribution in [0.2, 0.25) is 0 Å². The molecule has 0 spiro atoms. The van der Waals surface area contributed by atoms with Gasteiger partial charge in [-0.2, -0.15) is 0 Å². The third kappa shape index (κ3) is 3.55. The Balaban J connectivity index is 1.97. The zero-order chi connectivity index (χ0) is 13.9. The Hall–Kier alpha value is -0.470. The highest BCUT2D eigenvalue weighted by Gasteiger charge is 2.25. The lowest BCUT2D eigenvalue weighted by Crippen LogP contribution is -2.39. The van der Waals surface area contributed by atoms with Crippen molar-refractivity contribution in [1.82, 2.24) is 9.62 Å². The lowest BCUT2D eigenvalue weighted by molar-refractivity contribution is 0.268. The molecule has 0 amide bonds. The minimum atomic E-state index is -3.38. The molecule has 0 aliphatic carbocycles. The number of thiophene rings is 1. The maximum absolute atomic E-state index is 12.2. The van der Waals surface area contributed by atoms with Crippen LogP contribution in [0.5, 0.6) is 0 Å². The van der Waals surface area contributed by atoms with E-state index in [0.717, 1.165) is 30.8 Å². The van der Waals surface area contributed by atoms with E-state index in [1.165, 1.54) is 11.3 Å². The molecule has 0 bridgehead atoms. The van der Waals surface area contributed by atoms with Crippen molar-refractivity contribution in [2.75, 3.05) is 19.6 Å². The molecular weight excluding hydrogens is 282 g/mol. The number of sulfonamides is 1. The maximum atomic E-state index is 12.2. The highest BCUT2D eigenvalue weighted by molar-refractivity contribution is 7.91. The van der Waals surface area contributed by atoms with Crippen molar-refractivity contribution in [2.45, 2.75) is 36.6 Å². The summed E-state index contributed by atoms with van der Waals surface area (Å²) in [5, 5.41) is 0. The molecule has 1 unspecified atom stereocenters. The summed E-state index contributed by atoms with van der Waals surface area (Å²) < 4.78 is 27.4. The Morgan fingerprint density at radius 1 is 1.53 bits per heavy atom. The van der Waals surface area contributed by atoms with Crippen LogP contribution in [0.15, 0.2) is 16.3 Å². The van der Waals surface area contributed by atoms with Gasteiger partial charge in [0.05, 0.1) is 0 Å². The zero-order valence-corrected chi connectivity index (χ0v) is 12.8. The molecule has 1 atom stereocenters. The van der Waals surface area contributed by atoms with Crippen molar-refractivity contribution in [2.24, 2.45) is 5.73 Å². The Morgan fingerprint density at radius 3 is 2.95 bits per heavy atom. The minimum absolute atomic E-state index is 0.328. The van der Waals surface area contributed by atoms with Gasteiger partial charge in [-0.1, -0.05) is 6.92 Å². The van der Waals surface area contributed by atoms with Gasteiger partial charge in [0.25, 0.3) is 0 Å². The first-order valence-corrected chi connectivity index (χ1v) is 8.89. The summed E-state index contributed by atoms with van der Waals surface area (Å²) in [6, 6.07) is 3.72. The normalized spacial score (nSPS) is 21.1. The first-order chi connectivity index (χ1) is 9.06. The van der Waals surface area contributed by atoms with E-state index in [1.807, 2.05) is 0 Å². The van der Waals surface area contributed by atoms with Gasteiger partial charge in [-0.3, -0.25) is 4.90 Å². The Labute approximate surface area is 118 Å². The van der Waals surface area contributed by atoms with Crippen LogP contribution in [0.1, 0.15) is 24.6 Å². The minimum Gasteiger partial charge on any atom is -0.326 e. The standard InChI is InChI=1S/C12H21N3O2S2/c1-2-15-7-3-4-10(15)9-14-19(16,17)12-6-5-11(8-13)18-12/h5-6,10,14H,2-4,7-9,13H2,1H3. The van der Waals surface area contributed by atoms with E-state index in [1.54, 1.807) is 12.1 Å². The molecular formula is C12H21N3O2S2. The molecule has 3 N–H and O–H groups in total. The van der Waals surface area contributed by atoms with Crippen LogP contribution in [0.25, 0.3) is 0 Å². The number of rotatable bonds is 6. The molecule has 1 fully saturated rings. The largest absolute Gasteiger partial charge is 0.326 e. The molecule has 5 nitrogen and oxygen atoms in total. The lowest BCUT2D eigenvalue weighted by atomic mass is 10.2. The number of nitrogens with two attached hydrogens (primary N) is 1. The van der Waals surface area contributed by atoms with Crippen LogP contribution in [0.3, 0.4) is 0 Å². The molecule has 1 aliphatic heterocycles. The van der Waals surface area contributed by atoms with Gasteiger partial charge in [0.1, 0.15) is 4.21 Å². The first-order valence-electron chi connectivity index (χ1n) is 6.59. The third-order valence-corrected chi connectivity index (χ3v) is 6.54. The van der Waals surface area contributed by atoms with Crippen LogP contribution >= 0.6 is 11.3 Å². The van der Waals surface area contributed by atoms with Gasteiger partial charge in [0.2, 0.25) is 10.0 Å². The molecule has 1 saturated heterocycles. The van der Waals surface area contributed by atoms with Gasteiger partial charge < -0.3 is 5.73 Å². The number of hydrogen-bond acceptors (Lipinski definition) is 5. The van der Waals surface area contributed by atoms with Crippen molar-refractivity contribution in [1.29, 1.82) is 0 Å². The molecule has 7 heteroatoms. The van der Waals surface area contributed by atoms with E-state index in [-0.39, 0.29) is 0 Å². The zero-order valence-electron chi connectivity index (χ0n) is 11.1. The van der Waals surface area contributed by atoms with Crippen LogP contribution in [0.4, 0.5) is 0 Å². The molecule has 2 rings (SSSR count). The summed E-state index contributed by atoms with van der Waals surface area (Å²) in [5.41, 5.74) is 5.50. The van der Waals surface area contributed by atoms with Crippen molar-refractivity contribution < 1.29 is 8.42 Å². The van der Waals surface area contributed by atoms with Gasteiger partial charge in [0.15, 0.2) is 0 Å². The molecule has 19 heavy (non-hydrogen) atoms. The average molecular weight is 303 g/mol. The van der Waals surface area contributed by atoms with E-state index >= 15 is 0 Å². The van der Waals surface area contributed by atoms with Crippen molar-refractivity contribution in [3.8, 4) is 0 Å². The molecule has 108 valence electrons. The molecule has 1 aliphatic rings. The number of nitrogens with zero attached hydrogens (tertiary/aromatic N) is 1. The monoisotopic (exact) mass is 303 g/mol. The van der Waals surface area contributed by atoms with Gasteiger partial charge in [-0.25, -0.2) is 13.1 Å². The van der Waals surface area contributed by atoms with E-state index < -0.39 is 10.0 Å².